The fraction of sp³-hybridized carbons (Fsp3) is 0.400. The van der Waals surface area contributed by atoms with E-state index in [-0.39, 0.29) is 6.09 Å². The van der Waals surface area contributed by atoms with Crippen molar-refractivity contribution in [1.82, 2.24) is 19.5 Å². The molecule has 0 atom stereocenters. The number of anilines is 1. The van der Waals surface area contributed by atoms with Crippen molar-refractivity contribution in [2.24, 2.45) is 0 Å². The molecule has 29 heavy (non-hydrogen) atoms. The minimum Gasteiger partial charge on any atom is -0.463 e. The largest absolute Gasteiger partial charge is 0.463 e. The van der Waals surface area contributed by atoms with Crippen LogP contribution in [0.1, 0.15) is 26.3 Å². The lowest BCUT2D eigenvalue weighted by Gasteiger charge is -2.36. The van der Waals surface area contributed by atoms with Gasteiger partial charge in [0.15, 0.2) is 11.4 Å². The summed E-state index contributed by atoms with van der Waals surface area (Å²) in [6.45, 7) is 7.92. The first-order valence-corrected chi connectivity index (χ1v) is 9.42. The van der Waals surface area contributed by atoms with Gasteiger partial charge in [0, 0.05) is 32.4 Å². The molecule has 4 rings (SSSR count). The molecule has 1 aliphatic heterocycles. The number of ether oxygens (including phenoxy) is 1. The average molecular weight is 394 g/mol. The Balaban J connectivity index is 1.54. The molecule has 3 aromatic rings. The molecule has 0 radical (unpaired) electrons. The van der Waals surface area contributed by atoms with Crippen LogP contribution < -0.4 is 4.90 Å². The second-order valence-corrected chi connectivity index (χ2v) is 7.82. The molecule has 0 bridgehead atoms. The minimum atomic E-state index is -0.512. The van der Waals surface area contributed by atoms with Gasteiger partial charge in [-0.1, -0.05) is 0 Å². The number of aromatic nitrogens is 3. The number of nitrogens with zero attached hydrogens (tertiary/aromatic N) is 6. The quantitative estimate of drug-likeness (QED) is 0.659. The lowest BCUT2D eigenvalue weighted by Crippen LogP contribution is -2.50. The van der Waals surface area contributed by atoms with Crippen LogP contribution in [0.15, 0.2) is 35.1 Å². The highest BCUT2D eigenvalue weighted by atomic mass is 16.6. The molecule has 3 aromatic heterocycles. The van der Waals surface area contributed by atoms with E-state index in [9.17, 15) is 10.1 Å². The Kier molecular flexibility index (Phi) is 4.62. The monoisotopic (exact) mass is 394 g/mol. The Labute approximate surface area is 168 Å². The fourth-order valence-electron chi connectivity index (χ4n) is 3.23. The Hall–Kier alpha value is -3.54. The fourth-order valence-corrected chi connectivity index (χ4v) is 3.23. The molecule has 0 N–H and O–H groups in total. The van der Waals surface area contributed by atoms with E-state index in [1.165, 1.54) is 0 Å². The second-order valence-electron chi connectivity index (χ2n) is 7.82. The van der Waals surface area contributed by atoms with Crippen molar-refractivity contribution in [1.29, 1.82) is 5.26 Å². The van der Waals surface area contributed by atoms with Crippen molar-refractivity contribution in [3.8, 4) is 17.5 Å². The molecule has 0 aliphatic carbocycles. The molecule has 1 amide bonds. The molecule has 9 nitrogen and oxygen atoms in total. The van der Waals surface area contributed by atoms with Crippen LogP contribution in [-0.2, 0) is 4.74 Å². The van der Waals surface area contributed by atoms with Crippen molar-refractivity contribution in [2.75, 3.05) is 31.1 Å². The maximum absolute atomic E-state index is 12.2. The van der Waals surface area contributed by atoms with Crippen molar-refractivity contribution < 1.29 is 13.9 Å². The van der Waals surface area contributed by atoms with E-state index >= 15 is 0 Å². The van der Waals surface area contributed by atoms with Gasteiger partial charge in [-0.2, -0.15) is 10.4 Å². The summed E-state index contributed by atoms with van der Waals surface area (Å²) >= 11 is 0. The Morgan fingerprint density at radius 1 is 1.24 bits per heavy atom. The summed E-state index contributed by atoms with van der Waals surface area (Å²) < 4.78 is 12.4. The zero-order valence-electron chi connectivity index (χ0n) is 16.6. The van der Waals surface area contributed by atoms with Crippen LogP contribution in [0.4, 0.5) is 10.6 Å². The molecule has 0 unspecified atom stereocenters. The van der Waals surface area contributed by atoms with Gasteiger partial charge in [-0.05, 0) is 39.0 Å². The summed E-state index contributed by atoms with van der Waals surface area (Å²) in [5.41, 5.74) is 0.805. The molecule has 9 heteroatoms. The standard InChI is InChI=1S/C20H22N6O3/c1-20(2,3)29-19(27)25-10-8-24(9-11-25)16-6-7-26-18(22-16)14(13-21)17(23-26)15-5-4-12-28-15/h4-7,12H,8-11H2,1-3H3. The van der Waals surface area contributed by atoms with E-state index in [4.69, 9.17) is 9.15 Å². The average Bonchev–Trinajstić information content (AvgIpc) is 3.33. The van der Waals surface area contributed by atoms with Gasteiger partial charge in [0.2, 0.25) is 0 Å². The van der Waals surface area contributed by atoms with Crippen LogP contribution in [-0.4, -0.2) is 57.4 Å². The Morgan fingerprint density at radius 3 is 2.62 bits per heavy atom. The molecule has 0 spiro atoms. The first-order valence-electron chi connectivity index (χ1n) is 9.42. The lowest BCUT2D eigenvalue weighted by molar-refractivity contribution is 0.0240. The van der Waals surface area contributed by atoms with Gasteiger partial charge in [0.05, 0.1) is 6.26 Å². The number of nitriles is 1. The van der Waals surface area contributed by atoms with E-state index in [0.717, 1.165) is 5.82 Å². The number of rotatable bonds is 2. The maximum Gasteiger partial charge on any atom is 0.410 e. The number of carbonyl (C=O) groups excluding carboxylic acids is 1. The van der Waals surface area contributed by atoms with Crippen LogP contribution in [0.2, 0.25) is 0 Å². The molecular formula is C20H22N6O3. The van der Waals surface area contributed by atoms with Gasteiger partial charge in [-0.15, -0.1) is 0 Å². The van der Waals surface area contributed by atoms with E-state index < -0.39 is 5.60 Å². The van der Waals surface area contributed by atoms with Gasteiger partial charge in [0.1, 0.15) is 28.7 Å². The van der Waals surface area contributed by atoms with Crippen molar-refractivity contribution in [2.45, 2.75) is 26.4 Å². The number of piperazine rings is 1. The molecule has 0 saturated carbocycles. The molecule has 4 heterocycles. The summed E-state index contributed by atoms with van der Waals surface area (Å²) in [6, 6.07) is 7.56. The van der Waals surface area contributed by atoms with Gasteiger partial charge in [0.25, 0.3) is 0 Å². The summed E-state index contributed by atoms with van der Waals surface area (Å²) in [4.78, 5) is 20.7. The first kappa shape index (κ1) is 18.8. The second kappa shape index (κ2) is 7.13. The third kappa shape index (κ3) is 3.74. The van der Waals surface area contributed by atoms with Crippen LogP contribution in [0.5, 0.6) is 0 Å². The number of hydrogen-bond acceptors (Lipinski definition) is 7. The third-order valence-electron chi connectivity index (χ3n) is 4.59. The Bertz CT molecular complexity index is 1070. The summed E-state index contributed by atoms with van der Waals surface area (Å²) in [6.07, 6.45) is 3.03. The molecule has 1 fully saturated rings. The molecule has 1 saturated heterocycles. The number of hydrogen-bond donors (Lipinski definition) is 0. The Morgan fingerprint density at radius 2 is 2.00 bits per heavy atom. The highest BCUT2D eigenvalue weighted by Gasteiger charge is 2.27. The number of amides is 1. The summed E-state index contributed by atoms with van der Waals surface area (Å²) in [5, 5.41) is 14.1. The van der Waals surface area contributed by atoms with E-state index in [1.807, 2.05) is 26.8 Å². The maximum atomic E-state index is 12.2. The highest BCUT2D eigenvalue weighted by Crippen LogP contribution is 2.26. The zero-order valence-corrected chi connectivity index (χ0v) is 16.6. The molecular weight excluding hydrogens is 372 g/mol. The summed E-state index contributed by atoms with van der Waals surface area (Å²) in [7, 11) is 0. The topological polar surface area (TPSA) is 99.9 Å². The van der Waals surface area contributed by atoms with Crippen LogP contribution >= 0.6 is 0 Å². The van der Waals surface area contributed by atoms with E-state index in [2.05, 4.69) is 21.1 Å². The zero-order chi connectivity index (χ0) is 20.6. The third-order valence-corrected chi connectivity index (χ3v) is 4.59. The van der Waals surface area contributed by atoms with Crippen LogP contribution in [0.25, 0.3) is 17.1 Å². The number of carbonyl (C=O) groups is 1. The van der Waals surface area contributed by atoms with Crippen molar-refractivity contribution in [3.63, 3.8) is 0 Å². The van der Waals surface area contributed by atoms with Crippen LogP contribution in [0, 0.1) is 11.3 Å². The molecule has 150 valence electrons. The predicted molar refractivity (Wildman–Crippen MR) is 105 cm³/mol. The SMILES string of the molecule is CC(C)(C)OC(=O)N1CCN(c2ccn3nc(-c4ccco4)c(C#N)c3n2)CC1. The summed E-state index contributed by atoms with van der Waals surface area (Å²) in [5.74, 6) is 1.27. The number of fused-ring (bicyclic) bond motifs is 1. The normalized spacial score (nSPS) is 14.8. The van der Waals surface area contributed by atoms with Gasteiger partial charge < -0.3 is 19.0 Å². The van der Waals surface area contributed by atoms with Crippen molar-refractivity contribution in [3.05, 3.63) is 36.2 Å². The van der Waals surface area contributed by atoms with E-state index in [1.54, 1.807) is 34.0 Å². The lowest BCUT2D eigenvalue weighted by atomic mass is 10.2. The molecule has 1 aliphatic rings. The first-order chi connectivity index (χ1) is 13.9. The molecule has 0 aromatic carbocycles. The number of furan rings is 1. The smallest absolute Gasteiger partial charge is 0.410 e. The van der Waals surface area contributed by atoms with Crippen molar-refractivity contribution >= 4 is 17.6 Å². The highest BCUT2D eigenvalue weighted by molar-refractivity contribution is 5.73. The predicted octanol–water partition coefficient (Wildman–Crippen LogP) is 2.92. The minimum absolute atomic E-state index is 0.300. The van der Waals surface area contributed by atoms with E-state index in [0.29, 0.717) is 48.8 Å². The van der Waals surface area contributed by atoms with Crippen LogP contribution in [0.3, 0.4) is 0 Å². The van der Waals surface area contributed by atoms with Gasteiger partial charge in [-0.3, -0.25) is 0 Å². The van der Waals surface area contributed by atoms with Gasteiger partial charge >= 0.3 is 6.09 Å². The van der Waals surface area contributed by atoms with Gasteiger partial charge in [-0.25, -0.2) is 14.3 Å².